The number of H-pyrrole nitrogens is 1. The average molecular weight is 576 g/mol. The molecule has 0 aromatic carbocycles. The monoisotopic (exact) mass is 575 g/mol. The molecule has 0 aliphatic heterocycles. The molecular weight excluding hydrogens is 518 g/mol. The van der Waals surface area contributed by atoms with E-state index in [1.807, 2.05) is 0 Å². The zero-order valence-corrected chi connectivity index (χ0v) is 26.9. The molecule has 1 heterocycles. The molecule has 1 unspecified atom stereocenters. The first-order chi connectivity index (χ1) is 18.8. The first-order valence-corrected chi connectivity index (χ1v) is 18.4. The van der Waals surface area contributed by atoms with Crippen molar-refractivity contribution in [2.45, 2.75) is 129 Å². The molecule has 6 nitrogen and oxygen atoms in total. The Kier molecular flexibility index (Phi) is 8.62. The number of nitrogens with zero attached hydrogens (tertiary/aromatic N) is 1. The number of rotatable bonds is 10. The molecule has 40 heavy (non-hydrogen) atoms. The van der Waals surface area contributed by atoms with E-state index in [1.165, 1.54) is 57.6 Å². The Hall–Kier alpha value is -0.920. The highest BCUT2D eigenvalue weighted by Gasteiger charge is 2.66. The molecule has 10 atom stereocenters. The van der Waals surface area contributed by atoms with Gasteiger partial charge < -0.3 is 15.4 Å². The molecular formula is C33H57N3O3S. The van der Waals surface area contributed by atoms with Gasteiger partial charge in [-0.15, -0.1) is 0 Å². The van der Waals surface area contributed by atoms with Gasteiger partial charge in [-0.3, -0.25) is 0 Å². The van der Waals surface area contributed by atoms with Gasteiger partial charge in [-0.2, -0.15) is 0 Å². The van der Waals surface area contributed by atoms with Crippen molar-refractivity contribution >= 4 is 9.84 Å². The number of aromatic nitrogens is 2. The van der Waals surface area contributed by atoms with Crippen molar-refractivity contribution in [1.29, 1.82) is 0 Å². The number of hydrogen-bond acceptors (Lipinski definition) is 5. The maximum atomic E-state index is 12.8. The molecule has 1 aromatic rings. The highest BCUT2D eigenvalue weighted by molar-refractivity contribution is 7.90. The van der Waals surface area contributed by atoms with Crippen LogP contribution in [0.1, 0.15) is 123 Å². The SMILES string of the molecule is CC(C)CCC[C@@H](C)[C@H]1CC[C@H]2[C@@H]3C[C@@H](NCC(c4c[nH]cn4)S(C)(=O)=O)[C@@]4(O)CCCC[C@]4(C)[C@H]3CC[C@]12C. The lowest BCUT2D eigenvalue weighted by Crippen LogP contribution is -2.70. The first-order valence-electron chi connectivity index (χ1n) is 16.4. The van der Waals surface area contributed by atoms with Gasteiger partial charge in [0.2, 0.25) is 0 Å². The van der Waals surface area contributed by atoms with E-state index in [4.69, 9.17) is 0 Å². The minimum Gasteiger partial charge on any atom is -0.388 e. The Labute approximate surface area is 244 Å². The number of hydrogen-bond donors (Lipinski definition) is 3. The second-order valence-corrected chi connectivity index (χ2v) is 17.7. The van der Waals surface area contributed by atoms with Gasteiger partial charge >= 0.3 is 0 Å². The fourth-order valence-electron chi connectivity index (χ4n) is 10.8. The van der Waals surface area contributed by atoms with Gasteiger partial charge in [-0.05, 0) is 85.9 Å². The predicted octanol–water partition coefficient (Wildman–Crippen LogP) is 6.69. The Balaban J connectivity index is 1.39. The second kappa shape index (κ2) is 11.3. The number of aromatic amines is 1. The van der Waals surface area contributed by atoms with Crippen LogP contribution >= 0.6 is 0 Å². The molecule has 3 N–H and O–H groups in total. The van der Waals surface area contributed by atoms with Gasteiger partial charge in [0, 0.05) is 30.5 Å². The highest BCUT2D eigenvalue weighted by Crippen LogP contribution is 2.69. The van der Waals surface area contributed by atoms with E-state index in [1.54, 1.807) is 12.5 Å². The quantitative estimate of drug-likeness (QED) is 0.289. The summed E-state index contributed by atoms with van der Waals surface area (Å²) in [5.41, 5.74) is 0.0162. The van der Waals surface area contributed by atoms with E-state index >= 15 is 0 Å². The van der Waals surface area contributed by atoms with E-state index in [2.05, 4.69) is 49.9 Å². The fraction of sp³-hybridized carbons (Fsp3) is 0.909. The number of aliphatic hydroxyl groups is 1. The van der Waals surface area contributed by atoms with Crippen LogP contribution in [0.3, 0.4) is 0 Å². The van der Waals surface area contributed by atoms with Gasteiger partial charge in [-0.25, -0.2) is 13.4 Å². The molecule has 4 aliphatic rings. The van der Waals surface area contributed by atoms with Crippen molar-refractivity contribution in [3.05, 3.63) is 18.2 Å². The van der Waals surface area contributed by atoms with E-state index < -0.39 is 20.7 Å². The van der Waals surface area contributed by atoms with Gasteiger partial charge in [0.05, 0.1) is 17.6 Å². The lowest BCUT2D eigenvalue weighted by molar-refractivity contribution is -0.220. The van der Waals surface area contributed by atoms with Crippen molar-refractivity contribution in [1.82, 2.24) is 15.3 Å². The van der Waals surface area contributed by atoms with Crippen LogP contribution in [0.25, 0.3) is 0 Å². The summed E-state index contributed by atoms with van der Waals surface area (Å²) in [4.78, 5) is 7.22. The molecule has 4 fully saturated rings. The zero-order chi connectivity index (χ0) is 28.9. The van der Waals surface area contributed by atoms with Crippen molar-refractivity contribution in [2.75, 3.05) is 12.8 Å². The summed E-state index contributed by atoms with van der Waals surface area (Å²) in [6.45, 7) is 12.5. The average Bonchev–Trinajstić information content (AvgIpc) is 3.52. The summed E-state index contributed by atoms with van der Waals surface area (Å²) in [7, 11) is -3.36. The normalized spacial score (nSPS) is 41.2. The largest absolute Gasteiger partial charge is 0.388 e. The van der Waals surface area contributed by atoms with Crippen LogP contribution < -0.4 is 5.32 Å². The van der Waals surface area contributed by atoms with Gasteiger partial charge in [0.1, 0.15) is 5.25 Å². The van der Waals surface area contributed by atoms with Crippen LogP contribution in [-0.2, 0) is 9.84 Å². The molecule has 1 aromatic heterocycles. The number of sulfone groups is 1. The number of fused-ring (bicyclic) bond motifs is 5. The van der Waals surface area contributed by atoms with E-state index in [0.717, 1.165) is 43.4 Å². The Morgan fingerprint density at radius 2 is 1.82 bits per heavy atom. The summed E-state index contributed by atoms with van der Waals surface area (Å²) >= 11 is 0. The third kappa shape index (κ3) is 5.23. The van der Waals surface area contributed by atoms with E-state index in [0.29, 0.717) is 35.4 Å². The lowest BCUT2D eigenvalue weighted by atomic mass is 9.42. The molecule has 0 amide bonds. The standard InChI is InChI=1S/C33H57N3O3S/c1-22(2)10-9-11-23(3)25-12-13-26-24-18-30(35-20-29(40(6,38)39)28-19-34-21-36-28)33(37)16-8-7-15-32(33,5)27(24)14-17-31(25,26)4/h19,21-27,29-30,35,37H,7-18,20H2,1-6H3,(H,34,36)/t23-,24+,25-,26+,27+,29?,30-,31-,32-,33+/m1/s1. The number of imidazole rings is 1. The van der Waals surface area contributed by atoms with E-state index in [-0.39, 0.29) is 11.5 Å². The zero-order valence-electron chi connectivity index (χ0n) is 26.1. The van der Waals surface area contributed by atoms with Crippen molar-refractivity contribution in [2.24, 2.45) is 46.3 Å². The second-order valence-electron chi connectivity index (χ2n) is 15.5. The smallest absolute Gasteiger partial charge is 0.157 e. The Bertz CT molecular complexity index is 1110. The first kappa shape index (κ1) is 30.5. The van der Waals surface area contributed by atoms with Crippen molar-refractivity contribution in [3.63, 3.8) is 0 Å². The predicted molar refractivity (Wildman–Crippen MR) is 162 cm³/mol. The Morgan fingerprint density at radius 3 is 2.50 bits per heavy atom. The highest BCUT2D eigenvalue weighted by atomic mass is 32.2. The van der Waals surface area contributed by atoms with Crippen LogP contribution in [0.5, 0.6) is 0 Å². The molecule has 0 bridgehead atoms. The molecule has 0 radical (unpaired) electrons. The van der Waals surface area contributed by atoms with Crippen molar-refractivity contribution in [3.8, 4) is 0 Å². The third-order valence-electron chi connectivity index (χ3n) is 12.9. The summed E-state index contributed by atoms with van der Waals surface area (Å²) < 4.78 is 25.6. The minimum atomic E-state index is -3.36. The van der Waals surface area contributed by atoms with Crippen LogP contribution in [-0.4, -0.2) is 47.9 Å². The molecule has 4 saturated carbocycles. The number of nitrogens with one attached hydrogen (secondary N) is 2. The molecule has 4 aliphatic carbocycles. The molecule has 7 heteroatoms. The maximum absolute atomic E-state index is 12.8. The lowest BCUT2D eigenvalue weighted by Gasteiger charge is -2.66. The van der Waals surface area contributed by atoms with Crippen LogP contribution in [0.15, 0.2) is 12.5 Å². The van der Waals surface area contributed by atoms with Crippen molar-refractivity contribution < 1.29 is 13.5 Å². The minimum absolute atomic E-state index is 0.0906. The molecule has 0 spiro atoms. The maximum Gasteiger partial charge on any atom is 0.157 e. The molecule has 5 rings (SSSR count). The third-order valence-corrected chi connectivity index (χ3v) is 14.4. The topological polar surface area (TPSA) is 95.1 Å². The van der Waals surface area contributed by atoms with Gasteiger partial charge in [0.15, 0.2) is 9.84 Å². The molecule has 0 saturated heterocycles. The fourth-order valence-corrected chi connectivity index (χ4v) is 11.8. The van der Waals surface area contributed by atoms with Crippen LogP contribution in [0, 0.1) is 46.3 Å². The van der Waals surface area contributed by atoms with Crippen LogP contribution in [0.4, 0.5) is 0 Å². The van der Waals surface area contributed by atoms with Gasteiger partial charge in [0.25, 0.3) is 0 Å². The van der Waals surface area contributed by atoms with E-state index in [9.17, 15) is 13.5 Å². The summed E-state index contributed by atoms with van der Waals surface area (Å²) in [6, 6.07) is -0.0906. The Morgan fingerprint density at radius 1 is 1.07 bits per heavy atom. The summed E-state index contributed by atoms with van der Waals surface area (Å²) in [6.07, 6.45) is 18.9. The summed E-state index contributed by atoms with van der Waals surface area (Å²) in [5.74, 6) is 4.20. The summed E-state index contributed by atoms with van der Waals surface area (Å²) in [5, 5.41) is 15.5. The molecule has 228 valence electrons. The van der Waals surface area contributed by atoms with Crippen LogP contribution in [0.2, 0.25) is 0 Å². The van der Waals surface area contributed by atoms with Gasteiger partial charge in [-0.1, -0.05) is 66.7 Å².